The molecule has 0 aromatic carbocycles. The molecule has 0 aliphatic heterocycles. The Kier molecular flexibility index (Phi) is 858. The van der Waals surface area contributed by atoms with E-state index in [-0.39, 0.29) is 82.4 Å². The summed E-state index contributed by atoms with van der Waals surface area (Å²) in [6.45, 7) is 0.944. The Balaban J connectivity index is -0.00000000460. The van der Waals surface area contributed by atoms with E-state index in [1.54, 1.807) is 37.5 Å². The smallest absolute Gasteiger partial charge is 0 e. The van der Waals surface area contributed by atoms with Crippen molar-refractivity contribution < 1.29 is 54.3 Å². The third-order valence-electron chi connectivity index (χ3n) is 0.250. The van der Waals surface area contributed by atoms with Gasteiger partial charge in [0.1, 0.15) is 0 Å². The zero-order chi connectivity index (χ0) is 10.8. The molecule has 0 aromatic heterocycles. The fourth-order valence-electron chi connectivity index (χ4n) is 0. The summed E-state index contributed by atoms with van der Waals surface area (Å²) in [5.41, 5.74) is 25.1. The summed E-state index contributed by atoms with van der Waals surface area (Å²) < 4.78 is 0. The van der Waals surface area contributed by atoms with Gasteiger partial charge in [-0.15, -0.1) is 0 Å². The van der Waals surface area contributed by atoms with E-state index in [2.05, 4.69) is 18.8 Å². The van der Waals surface area contributed by atoms with Crippen molar-refractivity contribution in [1.29, 1.82) is 0 Å². The van der Waals surface area contributed by atoms with E-state index in [9.17, 15) is 0 Å². The van der Waals surface area contributed by atoms with E-state index >= 15 is 0 Å². The minimum Gasteiger partial charge on any atom is -0.693 e. The first-order valence-corrected chi connectivity index (χ1v) is 8.28. The molecule has 0 saturated heterocycles. The van der Waals surface area contributed by atoms with Gasteiger partial charge in [0, 0.05) is 16.8 Å². The van der Waals surface area contributed by atoms with Crippen LogP contribution >= 0.6 is 18.8 Å². The van der Waals surface area contributed by atoms with Gasteiger partial charge in [0.05, 0.1) is 0 Å². The molecule has 0 aliphatic carbocycles. The normalized spacial score (nSPS) is 3.89. The maximum absolute atomic E-state index is 6.26. The molecule has 13 heteroatoms. The quantitative estimate of drug-likeness (QED) is 0.254. The summed E-state index contributed by atoms with van der Waals surface area (Å²) in [6, 6.07) is 0. The molecule has 0 amide bonds. The Morgan fingerprint density at radius 1 is 0.526 bits per heavy atom. The molecule has 0 atom stereocenters. The van der Waals surface area contributed by atoms with E-state index in [0.29, 0.717) is 0 Å². The van der Waals surface area contributed by atoms with Crippen LogP contribution in [0.1, 0.15) is 0 Å². The zero-order valence-corrected chi connectivity index (χ0v) is 18.0. The summed E-state index contributed by atoms with van der Waals surface area (Å²) in [5.74, 6) is 0. The predicted molar refractivity (Wildman–Crippen MR) is 82.4 cm³/mol. The van der Waals surface area contributed by atoms with E-state index < -0.39 is 0 Å². The van der Waals surface area contributed by atoms with Gasteiger partial charge in [-0.2, -0.15) is 26.2 Å². The predicted octanol–water partition coefficient (Wildman–Crippen LogP) is 7.32. The average molecular weight is 730 g/mol. The Morgan fingerprint density at radius 2 is 0.579 bits per heavy atom. The molecule has 0 rings (SSSR count). The molecule has 19 heavy (non-hydrogen) atoms. The molecule has 0 aromatic rings. The molecule has 12 N–H and O–H groups in total. The summed E-state index contributed by atoms with van der Waals surface area (Å²) in [7, 11) is 9.22. The number of halogens is 2. The van der Waals surface area contributed by atoms with Gasteiger partial charge < -0.3 is 62.4 Å². The maximum atomic E-state index is 6.26. The van der Waals surface area contributed by atoms with Crippen LogP contribution in [0.3, 0.4) is 0 Å². The molecule has 0 bridgehead atoms. The summed E-state index contributed by atoms with van der Waals surface area (Å²) >= 11 is 3.22. The van der Waals surface area contributed by atoms with Gasteiger partial charge >= 0.3 is 56.4 Å². The van der Waals surface area contributed by atoms with Gasteiger partial charge in [-0.1, -0.05) is 0 Å². The molecule has 0 unspecified atom stereocenters. The number of hydrogen-bond acceptors (Lipinski definition) is 0. The van der Waals surface area contributed by atoms with Crippen molar-refractivity contribution in [3.63, 3.8) is 0 Å². The third kappa shape index (κ3) is 386. The van der Waals surface area contributed by atoms with Crippen LogP contribution in [0.25, 0.3) is 47.5 Å². The van der Waals surface area contributed by atoms with Gasteiger partial charge in [0.15, 0.2) is 0 Å². The molecule has 0 heterocycles. The first kappa shape index (κ1) is 83.4. The summed E-state index contributed by atoms with van der Waals surface area (Å²) in [5, 5.41) is 0. The van der Waals surface area contributed by atoms with Crippen LogP contribution in [0.2, 0.25) is 0 Å². The Morgan fingerprint density at radius 3 is 0.579 bits per heavy atom. The van der Waals surface area contributed by atoms with Crippen LogP contribution in [-0.4, -0.2) is 26.2 Å². The fraction of sp³-hybridized carbons (Fsp3) is 0.667. The van der Waals surface area contributed by atoms with Crippen LogP contribution in [0.15, 0.2) is 0 Å². The van der Waals surface area contributed by atoms with E-state index in [4.69, 9.17) is 22.9 Å². The molecule has 1 radical (unpaired) electrons. The van der Waals surface area contributed by atoms with E-state index in [1.807, 2.05) is 0 Å². The van der Waals surface area contributed by atoms with Gasteiger partial charge in [0.25, 0.3) is 0 Å². The first-order chi connectivity index (χ1) is 5.83. The van der Waals surface area contributed by atoms with Gasteiger partial charge in [-0.3, -0.25) is 0 Å². The Labute approximate surface area is 160 Å². The van der Waals surface area contributed by atoms with Crippen molar-refractivity contribution in [1.82, 2.24) is 0 Å². The van der Waals surface area contributed by atoms with Crippen LogP contribution in [0, 0.1) is 14.9 Å². The van der Waals surface area contributed by atoms with Crippen molar-refractivity contribution in [2.75, 3.05) is 26.2 Å². The topological polar surface area (TPSA) is 229 Å². The van der Waals surface area contributed by atoms with Crippen molar-refractivity contribution in [2.24, 2.45) is 0 Å². The molecule has 8 nitrogen and oxygen atoms in total. The third-order valence-corrected chi connectivity index (χ3v) is 0.250. The summed E-state index contributed by atoms with van der Waals surface area (Å²) in [6.07, 6.45) is 0. The van der Waals surface area contributed by atoms with Crippen molar-refractivity contribution in [2.45, 2.75) is 0 Å². The maximum Gasteiger partial charge on any atom is 0 e. The monoisotopic (exact) mass is 729 g/mol. The van der Waals surface area contributed by atoms with Crippen LogP contribution in [0.5, 0.6) is 0 Å². The number of nitrogens with one attached hydrogen (secondary N) is 4. The molecule has 0 fully saturated rings. The number of nitrogens with two attached hydrogens (primary N) is 4. The first-order valence-electron chi connectivity index (χ1n) is 2.65. The van der Waals surface area contributed by atoms with Crippen LogP contribution in [-0.2, 0) is 54.3 Å². The molecular weight excluding hydrogens is 704 g/mol. The molecule has 0 saturated carbocycles. The van der Waals surface area contributed by atoms with Gasteiger partial charge in [-0.25, -0.2) is 0 Å². The Bertz CT molecular complexity index is 45.2. The minimum atomic E-state index is 0. The second-order valence-corrected chi connectivity index (χ2v) is 1.000. The largest absolute Gasteiger partial charge is 0.693 e. The average Bonchev–Trinajstić information content (AvgIpc) is 2.23. The molecule has 143 valence electrons. The molecule has 0 spiro atoms. The molecule has 0 aliphatic rings. The van der Waals surface area contributed by atoms with Gasteiger partial charge in [0.2, 0.25) is 0 Å². The fourth-order valence-corrected chi connectivity index (χ4v) is 0. The van der Waals surface area contributed by atoms with Crippen molar-refractivity contribution >= 4 is 18.8 Å². The minimum absolute atomic E-state index is 0. The number of hydrogen-bond donors (Lipinski definition) is 0. The van der Waals surface area contributed by atoms with Crippen LogP contribution in [0.4, 0.5) is 0 Å². The second kappa shape index (κ2) is 196. The van der Waals surface area contributed by atoms with Gasteiger partial charge in [-0.05, 0) is 0 Å². The number of rotatable bonds is 2. The SMILES string of the molecule is [CH3-].[CH3-].[Cl][Pt].[Cl][Pt].[Co].[NH-]CC[NH-].[NH-]CC[NH-].[NH2-].[NH2-].[NH2-].[NH2-]. The standard InChI is InChI=1S/2C2H6N2.2CH3.2ClH.Co.4H2N.2Pt/c2*3-1-2-4;;;;;;;;;;;/h2*3-4H,1-2H2;2*1H3;2*1H;;4*1H2;;/q2*-2;2*-1;;;;4*-1;2*+1/p-2. The van der Waals surface area contributed by atoms with E-state index in [1.165, 1.54) is 0 Å². The summed E-state index contributed by atoms with van der Waals surface area (Å²) in [4.78, 5) is 0. The van der Waals surface area contributed by atoms with Crippen molar-refractivity contribution in [3.05, 3.63) is 62.4 Å². The van der Waals surface area contributed by atoms with E-state index in [0.717, 1.165) is 0 Å². The van der Waals surface area contributed by atoms with Crippen LogP contribution < -0.4 is 0 Å². The van der Waals surface area contributed by atoms with Crippen molar-refractivity contribution in [3.8, 4) is 0 Å². The second-order valence-electron chi connectivity index (χ2n) is 1.000. The zero-order valence-electron chi connectivity index (χ0n) is 10.9. The Hall–Kier alpha value is 2.14. The molecular formula is C6H26Cl2CoN8Pt2-10.